The second kappa shape index (κ2) is 6.31. The summed E-state index contributed by atoms with van der Waals surface area (Å²) in [6.07, 6.45) is 0.563. The maximum absolute atomic E-state index is 12.2. The summed E-state index contributed by atoms with van der Waals surface area (Å²) in [5.74, 6) is -2.00. The Hall–Kier alpha value is -1.92. The van der Waals surface area contributed by atoms with E-state index in [9.17, 15) is 14.4 Å². The van der Waals surface area contributed by atoms with Gasteiger partial charge in [0.05, 0.1) is 5.92 Å². The average molecular weight is 269 g/mol. The van der Waals surface area contributed by atoms with E-state index in [1.807, 2.05) is 0 Å². The summed E-state index contributed by atoms with van der Waals surface area (Å²) >= 11 is 0. The predicted molar refractivity (Wildman–Crippen MR) is 68.5 cm³/mol. The first-order valence-electron chi connectivity index (χ1n) is 6.22. The van der Waals surface area contributed by atoms with Crippen LogP contribution in [0.25, 0.3) is 0 Å². The molecular formula is C12H19N3O4. The first-order valence-corrected chi connectivity index (χ1v) is 6.22. The van der Waals surface area contributed by atoms with Gasteiger partial charge >= 0.3 is 5.97 Å². The molecule has 0 aliphatic carbocycles. The molecule has 0 saturated heterocycles. The van der Waals surface area contributed by atoms with Crippen molar-refractivity contribution < 1.29 is 19.5 Å². The predicted octanol–water partition coefficient (Wildman–Crippen LogP) is 0.164. The molecule has 1 N–H and O–H groups in total. The van der Waals surface area contributed by atoms with Crippen LogP contribution in [0.4, 0.5) is 0 Å². The van der Waals surface area contributed by atoms with Crippen molar-refractivity contribution in [3.05, 3.63) is 0 Å². The van der Waals surface area contributed by atoms with Gasteiger partial charge in [0.25, 0.3) is 5.91 Å². The summed E-state index contributed by atoms with van der Waals surface area (Å²) in [6, 6.07) is 0. The van der Waals surface area contributed by atoms with Crippen molar-refractivity contribution in [3.8, 4) is 0 Å². The van der Waals surface area contributed by atoms with E-state index in [4.69, 9.17) is 5.11 Å². The minimum Gasteiger partial charge on any atom is -0.481 e. The van der Waals surface area contributed by atoms with Crippen LogP contribution in [0.5, 0.6) is 0 Å². The van der Waals surface area contributed by atoms with Crippen LogP contribution >= 0.6 is 0 Å². The lowest BCUT2D eigenvalue weighted by Gasteiger charge is -2.26. The number of nitrogens with zero attached hydrogens (tertiary/aromatic N) is 3. The number of carboxylic acid groups (broad SMARTS) is 1. The molecule has 1 aliphatic heterocycles. The summed E-state index contributed by atoms with van der Waals surface area (Å²) in [7, 11) is 1.50. The van der Waals surface area contributed by atoms with Crippen molar-refractivity contribution in [2.75, 3.05) is 20.1 Å². The van der Waals surface area contributed by atoms with Gasteiger partial charge in [0.15, 0.2) is 0 Å². The highest BCUT2D eigenvalue weighted by Crippen LogP contribution is 2.10. The fraction of sp³-hybridized carbons (Fsp3) is 0.667. The third-order valence-corrected chi connectivity index (χ3v) is 3.04. The summed E-state index contributed by atoms with van der Waals surface area (Å²) < 4.78 is 0. The zero-order valence-corrected chi connectivity index (χ0v) is 11.4. The van der Waals surface area contributed by atoms with Crippen LogP contribution < -0.4 is 0 Å². The Morgan fingerprint density at radius 3 is 2.58 bits per heavy atom. The molecule has 0 radical (unpaired) electrons. The van der Waals surface area contributed by atoms with Gasteiger partial charge in [-0.15, -0.1) is 0 Å². The highest BCUT2D eigenvalue weighted by atomic mass is 16.4. The molecule has 1 unspecified atom stereocenters. The molecule has 2 amide bonds. The number of rotatable bonds is 5. The second-order valence-electron chi connectivity index (χ2n) is 4.55. The van der Waals surface area contributed by atoms with Gasteiger partial charge in [0, 0.05) is 33.0 Å². The Morgan fingerprint density at radius 2 is 2.11 bits per heavy atom. The quantitative estimate of drug-likeness (QED) is 0.770. The molecular weight excluding hydrogens is 250 g/mol. The molecule has 0 saturated carbocycles. The molecule has 1 rings (SSSR count). The summed E-state index contributed by atoms with van der Waals surface area (Å²) in [5.41, 5.74) is 0.307. The van der Waals surface area contributed by atoms with E-state index in [0.717, 1.165) is 5.01 Å². The van der Waals surface area contributed by atoms with Crippen LogP contribution in [0.3, 0.4) is 0 Å². The molecule has 19 heavy (non-hydrogen) atoms. The van der Waals surface area contributed by atoms with E-state index in [-0.39, 0.29) is 24.8 Å². The third kappa shape index (κ3) is 3.77. The number of carboxylic acids is 1. The van der Waals surface area contributed by atoms with Gasteiger partial charge in [-0.1, -0.05) is 6.92 Å². The Kier molecular flexibility index (Phi) is 5.02. The molecule has 7 nitrogen and oxygen atoms in total. The molecule has 1 heterocycles. The monoisotopic (exact) mass is 269 g/mol. The lowest BCUT2D eigenvalue weighted by Crippen LogP contribution is -2.43. The maximum Gasteiger partial charge on any atom is 0.308 e. The van der Waals surface area contributed by atoms with E-state index in [1.54, 1.807) is 13.8 Å². The Bertz CT molecular complexity index is 419. The number of carbonyl (C=O) groups excluding carboxylic acids is 2. The number of aliphatic carboxylic acids is 1. The Morgan fingerprint density at radius 1 is 1.47 bits per heavy atom. The van der Waals surface area contributed by atoms with Crippen molar-refractivity contribution >= 4 is 23.5 Å². The average Bonchev–Trinajstić information content (AvgIpc) is 2.37. The molecule has 106 valence electrons. The molecule has 1 atom stereocenters. The molecule has 1 aliphatic rings. The maximum atomic E-state index is 12.2. The smallest absolute Gasteiger partial charge is 0.308 e. The standard InChI is InChI=1S/C12H19N3O4/c1-4-15(7-8(2)12(18)19)11(17)9-5-6-10(16)14(3)13-9/h8H,4-7H2,1-3H3,(H,18,19). The number of amides is 2. The highest BCUT2D eigenvalue weighted by Gasteiger charge is 2.27. The van der Waals surface area contributed by atoms with Gasteiger partial charge in [-0.05, 0) is 6.92 Å². The van der Waals surface area contributed by atoms with Crippen molar-refractivity contribution in [1.29, 1.82) is 0 Å². The van der Waals surface area contributed by atoms with E-state index >= 15 is 0 Å². The molecule has 7 heteroatoms. The van der Waals surface area contributed by atoms with Gasteiger partial charge in [-0.2, -0.15) is 5.10 Å². The van der Waals surface area contributed by atoms with Crippen molar-refractivity contribution in [2.24, 2.45) is 11.0 Å². The van der Waals surface area contributed by atoms with E-state index in [1.165, 1.54) is 11.9 Å². The summed E-state index contributed by atoms with van der Waals surface area (Å²) in [5, 5.41) is 14.0. The third-order valence-electron chi connectivity index (χ3n) is 3.04. The number of hydrogen-bond acceptors (Lipinski definition) is 4. The van der Waals surface area contributed by atoms with Gasteiger partial charge < -0.3 is 10.0 Å². The minimum absolute atomic E-state index is 0.126. The van der Waals surface area contributed by atoms with Gasteiger partial charge in [-0.25, -0.2) is 5.01 Å². The van der Waals surface area contributed by atoms with Crippen molar-refractivity contribution in [2.45, 2.75) is 26.7 Å². The SMILES string of the molecule is CCN(CC(C)C(=O)O)C(=O)C1=NN(C)C(=O)CC1. The van der Waals surface area contributed by atoms with Gasteiger partial charge in [-0.3, -0.25) is 14.4 Å². The van der Waals surface area contributed by atoms with E-state index in [2.05, 4.69) is 5.10 Å². The van der Waals surface area contributed by atoms with Crippen LogP contribution in [-0.4, -0.2) is 58.6 Å². The van der Waals surface area contributed by atoms with Gasteiger partial charge in [0.2, 0.25) is 5.91 Å². The first-order chi connectivity index (χ1) is 8.86. The van der Waals surface area contributed by atoms with Crippen molar-refractivity contribution in [3.63, 3.8) is 0 Å². The van der Waals surface area contributed by atoms with Crippen molar-refractivity contribution in [1.82, 2.24) is 9.91 Å². The van der Waals surface area contributed by atoms with E-state index < -0.39 is 11.9 Å². The normalized spacial score (nSPS) is 16.9. The van der Waals surface area contributed by atoms with Crippen LogP contribution in [0.2, 0.25) is 0 Å². The molecule has 0 fully saturated rings. The van der Waals surface area contributed by atoms with Crippen LogP contribution in [0, 0.1) is 5.92 Å². The molecule has 0 bridgehead atoms. The molecule has 0 aromatic rings. The minimum atomic E-state index is -0.941. The number of carbonyl (C=O) groups is 3. The zero-order chi connectivity index (χ0) is 14.6. The lowest BCUT2D eigenvalue weighted by atomic mass is 10.1. The van der Waals surface area contributed by atoms with Crippen LogP contribution in [0.1, 0.15) is 26.7 Å². The number of hydrazone groups is 1. The first kappa shape index (κ1) is 15.1. The fourth-order valence-corrected chi connectivity index (χ4v) is 1.77. The Labute approximate surface area is 111 Å². The zero-order valence-electron chi connectivity index (χ0n) is 11.4. The highest BCUT2D eigenvalue weighted by molar-refractivity contribution is 6.39. The lowest BCUT2D eigenvalue weighted by molar-refractivity contribution is -0.142. The van der Waals surface area contributed by atoms with Gasteiger partial charge in [0.1, 0.15) is 5.71 Å². The van der Waals surface area contributed by atoms with Crippen LogP contribution in [-0.2, 0) is 14.4 Å². The Balaban J connectivity index is 2.76. The molecule has 0 aromatic carbocycles. The second-order valence-corrected chi connectivity index (χ2v) is 4.55. The molecule has 0 spiro atoms. The fourth-order valence-electron chi connectivity index (χ4n) is 1.77. The number of hydrogen-bond donors (Lipinski definition) is 1. The topological polar surface area (TPSA) is 90.3 Å². The van der Waals surface area contributed by atoms with Crippen LogP contribution in [0.15, 0.2) is 5.10 Å². The molecule has 0 aromatic heterocycles. The summed E-state index contributed by atoms with van der Waals surface area (Å²) in [4.78, 5) is 35.8. The largest absolute Gasteiger partial charge is 0.481 e. The summed E-state index contributed by atoms with van der Waals surface area (Å²) in [6.45, 7) is 3.88. The van der Waals surface area contributed by atoms with E-state index in [0.29, 0.717) is 18.7 Å².